The molecule has 0 aliphatic carbocycles. The van der Waals surface area contributed by atoms with E-state index in [-0.39, 0.29) is 11.9 Å². The van der Waals surface area contributed by atoms with Crippen LogP contribution in [0.5, 0.6) is 0 Å². The van der Waals surface area contributed by atoms with Crippen molar-refractivity contribution in [2.24, 2.45) is 0 Å². The molecule has 1 fully saturated rings. The lowest BCUT2D eigenvalue weighted by atomic mass is 9.93. The summed E-state index contributed by atoms with van der Waals surface area (Å²) in [5.41, 5.74) is 2.34. The lowest BCUT2D eigenvalue weighted by Crippen LogP contribution is -2.39. The van der Waals surface area contributed by atoms with Crippen LogP contribution in [-0.4, -0.2) is 37.2 Å². The second-order valence-corrected chi connectivity index (χ2v) is 8.35. The average molecular weight is 310 g/mol. The molecule has 21 heavy (non-hydrogen) atoms. The zero-order chi connectivity index (χ0) is 14.9. The van der Waals surface area contributed by atoms with Crippen molar-refractivity contribution in [2.75, 3.05) is 12.4 Å². The topological polar surface area (TPSA) is 63.6 Å². The summed E-state index contributed by atoms with van der Waals surface area (Å²) in [6.45, 7) is 0.631. The van der Waals surface area contributed by atoms with Crippen molar-refractivity contribution >= 4 is 9.84 Å². The summed E-state index contributed by atoms with van der Waals surface area (Å²) in [5, 5.41) is 9.81. The third kappa shape index (κ3) is 3.15. The minimum atomic E-state index is -3.16. The fraction of sp³-hybridized carbons (Fsp3) is 0.625. The van der Waals surface area contributed by atoms with Gasteiger partial charge in [-0.05, 0) is 30.4 Å². The Morgan fingerprint density at radius 2 is 2.10 bits per heavy atom. The van der Waals surface area contributed by atoms with E-state index in [0.29, 0.717) is 25.9 Å². The van der Waals surface area contributed by atoms with E-state index in [9.17, 15) is 13.5 Å². The normalized spacial score (nSPS) is 29.6. The predicted octanol–water partition coefficient (Wildman–Crippen LogP) is 2.02. The number of sulfone groups is 1. The number of ether oxygens (including phenoxy) is 1. The number of hydrogen-bond donors (Lipinski definition) is 1. The molecule has 0 saturated carbocycles. The van der Waals surface area contributed by atoms with Gasteiger partial charge in [-0.3, -0.25) is 0 Å². The van der Waals surface area contributed by atoms with Gasteiger partial charge in [-0.1, -0.05) is 30.7 Å². The molecule has 0 spiro atoms. The summed E-state index contributed by atoms with van der Waals surface area (Å²) < 4.78 is 30.0. The second kappa shape index (κ2) is 6.07. The van der Waals surface area contributed by atoms with Gasteiger partial charge in [0, 0.05) is 6.42 Å². The summed E-state index contributed by atoms with van der Waals surface area (Å²) in [7, 11) is -3.16. The van der Waals surface area contributed by atoms with Gasteiger partial charge in [0.25, 0.3) is 0 Å². The lowest BCUT2D eigenvalue weighted by Gasteiger charge is -2.32. The molecule has 1 aromatic rings. The Hall–Kier alpha value is -0.910. The van der Waals surface area contributed by atoms with Gasteiger partial charge in [-0.2, -0.15) is 0 Å². The Bertz CT molecular complexity index is 596. The number of hydrogen-bond acceptors (Lipinski definition) is 4. The van der Waals surface area contributed by atoms with Crippen molar-refractivity contribution in [3.05, 3.63) is 35.4 Å². The molecular weight excluding hydrogens is 288 g/mol. The molecule has 0 radical (unpaired) electrons. The van der Waals surface area contributed by atoms with E-state index in [1.165, 1.54) is 5.56 Å². The molecule has 3 unspecified atom stereocenters. The quantitative estimate of drug-likeness (QED) is 0.928. The predicted molar refractivity (Wildman–Crippen MR) is 80.9 cm³/mol. The van der Waals surface area contributed by atoms with Gasteiger partial charge >= 0.3 is 0 Å². The Balaban J connectivity index is 1.75. The fourth-order valence-corrected chi connectivity index (χ4v) is 5.48. The summed E-state index contributed by atoms with van der Waals surface area (Å²) >= 11 is 0. The molecule has 2 heterocycles. The van der Waals surface area contributed by atoms with Crippen LogP contribution in [0.3, 0.4) is 0 Å². The van der Waals surface area contributed by atoms with E-state index in [0.717, 1.165) is 18.4 Å². The standard InChI is InChI=1S/C16H22O4S/c17-14(16-7-3-4-10-21(16,18)19)11-15-13-6-2-1-5-12(13)8-9-20-15/h1-2,5-6,14-17H,3-4,7-11H2. The van der Waals surface area contributed by atoms with Crippen molar-refractivity contribution in [3.8, 4) is 0 Å². The highest BCUT2D eigenvalue weighted by Gasteiger charge is 2.36. The third-order valence-electron chi connectivity index (χ3n) is 4.61. The maximum Gasteiger partial charge on any atom is 0.155 e. The van der Waals surface area contributed by atoms with Gasteiger partial charge in [-0.25, -0.2) is 8.42 Å². The maximum absolute atomic E-state index is 12.1. The van der Waals surface area contributed by atoms with E-state index >= 15 is 0 Å². The molecule has 0 amide bonds. The molecule has 2 aliphatic heterocycles. The number of aliphatic hydroxyl groups is 1. The molecule has 1 aromatic carbocycles. The highest BCUT2D eigenvalue weighted by molar-refractivity contribution is 7.92. The van der Waals surface area contributed by atoms with E-state index in [2.05, 4.69) is 6.07 Å². The first-order valence-electron chi connectivity index (χ1n) is 7.67. The Labute approximate surface area is 126 Å². The third-order valence-corrected chi connectivity index (χ3v) is 6.94. The molecule has 3 rings (SSSR count). The second-order valence-electron chi connectivity index (χ2n) is 6.01. The molecule has 0 aromatic heterocycles. The van der Waals surface area contributed by atoms with Crippen LogP contribution in [0.15, 0.2) is 24.3 Å². The molecule has 2 aliphatic rings. The van der Waals surface area contributed by atoms with Gasteiger partial charge in [0.2, 0.25) is 0 Å². The molecule has 116 valence electrons. The largest absolute Gasteiger partial charge is 0.392 e. The zero-order valence-corrected chi connectivity index (χ0v) is 12.9. The van der Waals surface area contributed by atoms with Gasteiger partial charge in [0.05, 0.1) is 29.8 Å². The molecule has 1 saturated heterocycles. The monoisotopic (exact) mass is 310 g/mol. The summed E-state index contributed by atoms with van der Waals surface area (Å²) in [6.07, 6.45) is 2.37. The molecule has 5 heteroatoms. The summed E-state index contributed by atoms with van der Waals surface area (Å²) in [6, 6.07) is 8.06. The van der Waals surface area contributed by atoms with Crippen molar-refractivity contribution in [3.63, 3.8) is 0 Å². The SMILES string of the molecule is O=S1(=O)CCCCC1C(O)CC1OCCc2ccccc21. The summed E-state index contributed by atoms with van der Waals surface area (Å²) in [4.78, 5) is 0. The molecule has 0 bridgehead atoms. The minimum absolute atomic E-state index is 0.193. The first kappa shape index (κ1) is 15.0. The van der Waals surface area contributed by atoms with E-state index in [1.54, 1.807) is 0 Å². The zero-order valence-electron chi connectivity index (χ0n) is 12.1. The van der Waals surface area contributed by atoms with Crippen molar-refractivity contribution < 1.29 is 18.3 Å². The van der Waals surface area contributed by atoms with Crippen LogP contribution < -0.4 is 0 Å². The molecule has 3 atom stereocenters. The van der Waals surface area contributed by atoms with Crippen molar-refractivity contribution in [2.45, 2.75) is 49.6 Å². The van der Waals surface area contributed by atoms with E-state index in [1.807, 2.05) is 18.2 Å². The Morgan fingerprint density at radius 3 is 2.90 bits per heavy atom. The van der Waals surface area contributed by atoms with E-state index in [4.69, 9.17) is 4.74 Å². The van der Waals surface area contributed by atoms with Crippen LogP contribution in [0.1, 0.15) is 42.9 Å². The fourth-order valence-electron chi connectivity index (χ4n) is 3.45. The first-order chi connectivity index (χ1) is 10.1. The van der Waals surface area contributed by atoms with Gasteiger partial charge < -0.3 is 9.84 Å². The number of fused-ring (bicyclic) bond motifs is 1. The summed E-state index contributed by atoms with van der Waals surface area (Å²) in [5.74, 6) is 0.205. The van der Waals surface area contributed by atoms with Crippen LogP contribution in [-0.2, 0) is 21.0 Å². The minimum Gasteiger partial charge on any atom is -0.392 e. The van der Waals surface area contributed by atoms with Gasteiger partial charge in [0.1, 0.15) is 0 Å². The number of rotatable bonds is 3. The van der Waals surface area contributed by atoms with Crippen LogP contribution in [0.4, 0.5) is 0 Å². The Morgan fingerprint density at radius 1 is 1.29 bits per heavy atom. The van der Waals surface area contributed by atoms with Crippen molar-refractivity contribution in [1.82, 2.24) is 0 Å². The van der Waals surface area contributed by atoms with Gasteiger partial charge in [-0.15, -0.1) is 0 Å². The molecule has 1 N–H and O–H groups in total. The molecule has 4 nitrogen and oxygen atoms in total. The first-order valence-corrected chi connectivity index (χ1v) is 9.38. The lowest BCUT2D eigenvalue weighted by molar-refractivity contribution is 0.00268. The smallest absolute Gasteiger partial charge is 0.155 e. The van der Waals surface area contributed by atoms with E-state index < -0.39 is 21.2 Å². The van der Waals surface area contributed by atoms with Crippen molar-refractivity contribution in [1.29, 1.82) is 0 Å². The van der Waals surface area contributed by atoms with Crippen LogP contribution in [0.25, 0.3) is 0 Å². The maximum atomic E-state index is 12.1. The Kier molecular flexibility index (Phi) is 4.33. The van der Waals surface area contributed by atoms with Gasteiger partial charge in [0.15, 0.2) is 9.84 Å². The van der Waals surface area contributed by atoms with Crippen LogP contribution in [0, 0.1) is 0 Å². The molecular formula is C16H22O4S. The van der Waals surface area contributed by atoms with Crippen LogP contribution >= 0.6 is 0 Å². The highest BCUT2D eigenvalue weighted by atomic mass is 32.2. The number of aliphatic hydroxyl groups excluding tert-OH is 1. The highest BCUT2D eigenvalue weighted by Crippen LogP contribution is 2.33. The number of benzene rings is 1. The average Bonchev–Trinajstić information content (AvgIpc) is 2.47. The van der Waals surface area contributed by atoms with Crippen LogP contribution in [0.2, 0.25) is 0 Å².